The van der Waals surface area contributed by atoms with Crippen molar-refractivity contribution in [3.05, 3.63) is 69.8 Å². The monoisotopic (exact) mass is 410 g/mol. The number of anilines is 1. The number of carbonyl (C=O) groups excluding carboxylic acids is 3. The largest absolute Gasteiger partial charge is 0.325 e. The van der Waals surface area contributed by atoms with Gasteiger partial charge in [0, 0.05) is 12.1 Å². The van der Waals surface area contributed by atoms with Crippen LogP contribution in [-0.4, -0.2) is 39.8 Å². The van der Waals surface area contributed by atoms with Crippen molar-refractivity contribution in [2.45, 2.75) is 32.2 Å². The van der Waals surface area contributed by atoms with Crippen LogP contribution in [-0.2, 0) is 16.0 Å². The fourth-order valence-electron chi connectivity index (χ4n) is 3.29. The van der Waals surface area contributed by atoms with Gasteiger partial charge in [-0.15, -0.1) is 0 Å². The Hall–Kier alpha value is -3.75. The van der Waals surface area contributed by atoms with Gasteiger partial charge in [-0.3, -0.25) is 24.6 Å². The Bertz CT molecular complexity index is 1010. The van der Waals surface area contributed by atoms with E-state index in [1.54, 1.807) is 13.8 Å². The molecule has 0 aromatic heterocycles. The van der Waals surface area contributed by atoms with Gasteiger partial charge in [-0.05, 0) is 37.8 Å². The second-order valence-corrected chi connectivity index (χ2v) is 7.44. The number of nitrogens with one attached hydrogen (secondary N) is 2. The number of non-ortho nitro benzene ring substituents is 1. The SMILES string of the molecule is Cc1ccc([N+](=O)[O-])cc1NC(=O)CN1C(=O)N[C@@](C)(CCc2ccccc2)C1=O. The molecular formula is C21H22N4O5. The van der Waals surface area contributed by atoms with E-state index in [1.165, 1.54) is 18.2 Å². The molecule has 1 atom stereocenters. The van der Waals surface area contributed by atoms with E-state index in [2.05, 4.69) is 10.6 Å². The van der Waals surface area contributed by atoms with Gasteiger partial charge >= 0.3 is 6.03 Å². The van der Waals surface area contributed by atoms with E-state index >= 15 is 0 Å². The molecule has 156 valence electrons. The number of amides is 4. The van der Waals surface area contributed by atoms with Crippen LogP contribution in [0.4, 0.5) is 16.2 Å². The van der Waals surface area contributed by atoms with Crippen LogP contribution >= 0.6 is 0 Å². The number of urea groups is 1. The van der Waals surface area contributed by atoms with Gasteiger partial charge in [0.2, 0.25) is 5.91 Å². The van der Waals surface area contributed by atoms with Crippen LogP contribution in [0, 0.1) is 17.0 Å². The minimum atomic E-state index is -1.10. The Balaban J connectivity index is 1.66. The second-order valence-electron chi connectivity index (χ2n) is 7.44. The third-order valence-electron chi connectivity index (χ3n) is 5.11. The highest BCUT2D eigenvalue weighted by Gasteiger charge is 2.47. The maximum absolute atomic E-state index is 12.8. The molecule has 0 spiro atoms. The summed E-state index contributed by atoms with van der Waals surface area (Å²) >= 11 is 0. The predicted molar refractivity (Wildman–Crippen MR) is 110 cm³/mol. The molecule has 2 aromatic carbocycles. The minimum absolute atomic E-state index is 0.167. The first-order chi connectivity index (χ1) is 14.2. The molecule has 0 unspecified atom stereocenters. The zero-order valence-corrected chi connectivity index (χ0v) is 16.7. The Labute approximate surface area is 173 Å². The third-order valence-corrected chi connectivity index (χ3v) is 5.11. The number of nitro benzene ring substituents is 1. The summed E-state index contributed by atoms with van der Waals surface area (Å²) in [5.41, 5.74) is 0.652. The maximum Gasteiger partial charge on any atom is 0.325 e. The van der Waals surface area contributed by atoms with Crippen LogP contribution in [0.15, 0.2) is 48.5 Å². The Morgan fingerprint density at radius 2 is 1.90 bits per heavy atom. The zero-order chi connectivity index (χ0) is 21.9. The number of carbonyl (C=O) groups is 3. The molecule has 1 saturated heterocycles. The quantitative estimate of drug-likeness (QED) is 0.413. The van der Waals surface area contributed by atoms with Gasteiger partial charge in [0.05, 0.1) is 10.6 Å². The highest BCUT2D eigenvalue weighted by atomic mass is 16.6. The van der Waals surface area contributed by atoms with Crippen molar-refractivity contribution in [1.82, 2.24) is 10.2 Å². The Kier molecular flexibility index (Phi) is 5.81. The van der Waals surface area contributed by atoms with E-state index in [-0.39, 0.29) is 11.4 Å². The zero-order valence-electron chi connectivity index (χ0n) is 16.7. The third kappa shape index (κ3) is 4.45. The Morgan fingerprint density at radius 3 is 2.57 bits per heavy atom. The maximum atomic E-state index is 12.8. The predicted octanol–water partition coefficient (Wildman–Crippen LogP) is 2.79. The molecule has 0 bridgehead atoms. The van der Waals surface area contributed by atoms with Gasteiger partial charge in [-0.25, -0.2) is 4.79 Å². The number of hydrogen-bond acceptors (Lipinski definition) is 5. The molecule has 0 radical (unpaired) electrons. The summed E-state index contributed by atoms with van der Waals surface area (Å²) in [6.07, 6.45) is 0.986. The summed E-state index contributed by atoms with van der Waals surface area (Å²) in [5.74, 6) is -1.09. The highest BCUT2D eigenvalue weighted by Crippen LogP contribution is 2.24. The Morgan fingerprint density at radius 1 is 1.20 bits per heavy atom. The molecular weight excluding hydrogens is 388 g/mol. The van der Waals surface area contributed by atoms with E-state index in [0.29, 0.717) is 18.4 Å². The molecule has 9 heteroatoms. The molecule has 2 aromatic rings. The molecule has 1 aliphatic heterocycles. The van der Waals surface area contributed by atoms with Crippen LogP contribution in [0.5, 0.6) is 0 Å². The lowest BCUT2D eigenvalue weighted by Crippen LogP contribution is -2.45. The van der Waals surface area contributed by atoms with Gasteiger partial charge in [0.25, 0.3) is 11.6 Å². The average molecular weight is 410 g/mol. The van der Waals surface area contributed by atoms with E-state index in [0.717, 1.165) is 10.5 Å². The van der Waals surface area contributed by atoms with Gasteiger partial charge < -0.3 is 10.6 Å². The molecule has 9 nitrogen and oxygen atoms in total. The van der Waals surface area contributed by atoms with E-state index in [9.17, 15) is 24.5 Å². The fraction of sp³-hybridized carbons (Fsp3) is 0.286. The topological polar surface area (TPSA) is 122 Å². The molecule has 2 N–H and O–H groups in total. The van der Waals surface area contributed by atoms with Crippen LogP contribution in [0.2, 0.25) is 0 Å². The minimum Gasteiger partial charge on any atom is -0.324 e. The van der Waals surface area contributed by atoms with Crippen molar-refractivity contribution >= 4 is 29.2 Å². The van der Waals surface area contributed by atoms with Crippen LogP contribution < -0.4 is 10.6 Å². The lowest BCUT2D eigenvalue weighted by molar-refractivity contribution is -0.384. The van der Waals surface area contributed by atoms with Crippen molar-refractivity contribution < 1.29 is 19.3 Å². The molecule has 1 aliphatic rings. The lowest BCUT2D eigenvalue weighted by atomic mass is 9.93. The van der Waals surface area contributed by atoms with Gasteiger partial charge in [-0.1, -0.05) is 36.4 Å². The standard InChI is InChI=1S/C21H22N4O5/c1-14-8-9-16(25(29)30)12-17(14)22-18(26)13-24-19(27)21(2,23-20(24)28)11-10-15-6-4-3-5-7-15/h3-9,12H,10-11,13H2,1-2H3,(H,22,26)(H,23,28)/t21-/m0/s1. The summed E-state index contributed by atoms with van der Waals surface area (Å²) in [6.45, 7) is 2.85. The number of aryl methyl sites for hydroxylation is 2. The van der Waals surface area contributed by atoms with Gasteiger partial charge in [0.1, 0.15) is 12.1 Å². The first-order valence-electron chi connectivity index (χ1n) is 9.42. The molecule has 1 fully saturated rings. The molecule has 0 saturated carbocycles. The number of imide groups is 1. The molecule has 0 aliphatic carbocycles. The van der Waals surface area contributed by atoms with Crippen molar-refractivity contribution in [2.75, 3.05) is 11.9 Å². The van der Waals surface area contributed by atoms with E-state index in [4.69, 9.17) is 0 Å². The number of nitrogens with zero attached hydrogens (tertiary/aromatic N) is 2. The van der Waals surface area contributed by atoms with E-state index < -0.39 is 34.9 Å². The smallest absolute Gasteiger partial charge is 0.324 e. The number of rotatable bonds is 7. The fourth-order valence-corrected chi connectivity index (χ4v) is 3.29. The summed E-state index contributed by atoms with van der Waals surface area (Å²) < 4.78 is 0. The average Bonchev–Trinajstić information content (AvgIpc) is 2.92. The summed E-state index contributed by atoms with van der Waals surface area (Å²) in [5, 5.41) is 16.2. The summed E-state index contributed by atoms with van der Waals surface area (Å²) in [7, 11) is 0. The molecule has 1 heterocycles. The number of benzene rings is 2. The lowest BCUT2D eigenvalue weighted by Gasteiger charge is -2.21. The highest BCUT2D eigenvalue weighted by molar-refractivity contribution is 6.10. The van der Waals surface area contributed by atoms with E-state index in [1.807, 2.05) is 30.3 Å². The summed E-state index contributed by atoms with van der Waals surface area (Å²) in [6, 6.07) is 13.0. The summed E-state index contributed by atoms with van der Waals surface area (Å²) in [4.78, 5) is 48.8. The van der Waals surface area contributed by atoms with Crippen molar-refractivity contribution in [1.29, 1.82) is 0 Å². The van der Waals surface area contributed by atoms with Crippen molar-refractivity contribution in [3.63, 3.8) is 0 Å². The number of hydrogen-bond donors (Lipinski definition) is 2. The molecule has 4 amide bonds. The van der Waals surface area contributed by atoms with Crippen LogP contribution in [0.25, 0.3) is 0 Å². The van der Waals surface area contributed by atoms with Crippen LogP contribution in [0.3, 0.4) is 0 Å². The number of nitro groups is 1. The first kappa shape index (κ1) is 21.0. The van der Waals surface area contributed by atoms with Crippen molar-refractivity contribution in [3.8, 4) is 0 Å². The molecule has 3 rings (SSSR count). The van der Waals surface area contributed by atoms with Gasteiger partial charge in [-0.2, -0.15) is 0 Å². The first-order valence-corrected chi connectivity index (χ1v) is 9.42. The van der Waals surface area contributed by atoms with Crippen molar-refractivity contribution in [2.24, 2.45) is 0 Å². The molecule has 30 heavy (non-hydrogen) atoms. The normalized spacial score (nSPS) is 18.3. The van der Waals surface area contributed by atoms with Crippen LogP contribution in [0.1, 0.15) is 24.5 Å². The second kappa shape index (κ2) is 8.32. The van der Waals surface area contributed by atoms with Gasteiger partial charge in [0.15, 0.2) is 0 Å².